The van der Waals surface area contributed by atoms with Gasteiger partial charge in [0.15, 0.2) is 29.1 Å². The molecule has 0 saturated heterocycles. The molecule has 0 N–H and O–H groups in total. The van der Waals surface area contributed by atoms with Gasteiger partial charge in [0.05, 0.1) is 38.9 Å². The SMILES string of the molecule is c1ccc(-c2nc(-c3ccc(-c4nn5c(-c6ccccc6)cc6ccccc6c5c4-c4ccccc4)cc3)nc(-c3ccc4c(c3)C(c3ccccc3)(c3ccccc3)c3ccccc3-4)n2)cc1.c1ccc(-c2nc(-c3ccc(-c4nn5c(-c6ccccc6)cc6ccccc6c5c4-c4ccccc4)cc3)nc(-n3c4ccccc4c4ccccc43)n2)cc1. The van der Waals surface area contributed by atoms with E-state index in [4.69, 9.17) is 40.1 Å². The Bertz CT molecular complexity index is 7890. The molecule has 0 bridgehead atoms. The summed E-state index contributed by atoms with van der Waals surface area (Å²) in [6.45, 7) is 0. The highest BCUT2D eigenvalue weighted by atomic mass is 15.2. The van der Waals surface area contributed by atoms with Gasteiger partial charge in [-0.25, -0.2) is 29.0 Å². The van der Waals surface area contributed by atoms with Gasteiger partial charge in [-0.05, 0) is 85.6 Å². The van der Waals surface area contributed by atoms with Crippen LogP contribution < -0.4 is 0 Å². The standard InChI is InChI=1S/C63H41N5.C50H32N6/c1-6-20-42(21-7-1)56-41-47-26-16-17-31-51(47)59-57(43-22-8-2-9-23-43)58(67-68(56)59)44-34-36-46(37-35-44)61-64-60(45-24-10-3-11-25-45)65-62(66-61)48-38-39-53-52-32-18-19-33-54(52)63(55(53)40-48,49-27-12-4-13-28-49)50-29-14-5-15-30-50;1-4-16-33(17-5-1)44-32-38-22-10-11-23-39(38)47-45(34-18-6-2-7-19-34)46(54-56(44)47)35-28-30-37(31-29-35)49-51-48(36-20-8-3-9-21-36)52-50(53-49)55-42-26-14-12-24-40(42)41-25-13-15-27-43(41)55/h1-41H;1-32H. The average molecular weight is 1580 g/mol. The van der Waals surface area contributed by atoms with Gasteiger partial charge in [0, 0.05) is 82.7 Å². The first kappa shape index (κ1) is 72.5. The molecule has 7 heterocycles. The summed E-state index contributed by atoms with van der Waals surface area (Å²) >= 11 is 0. The Hall–Kier alpha value is -16.8. The van der Waals surface area contributed by atoms with Crippen LogP contribution in [0.5, 0.6) is 0 Å². The van der Waals surface area contributed by atoms with E-state index in [9.17, 15) is 0 Å². The summed E-state index contributed by atoms with van der Waals surface area (Å²) in [7, 11) is 0. The molecule has 23 aromatic rings. The molecule has 0 atom stereocenters. The second kappa shape index (κ2) is 30.6. The van der Waals surface area contributed by atoms with E-state index in [1.54, 1.807) is 0 Å². The summed E-state index contributed by atoms with van der Waals surface area (Å²) in [5, 5.41) is 17.8. The summed E-state index contributed by atoms with van der Waals surface area (Å²) in [5.74, 6) is 3.60. The molecule has 24 rings (SSSR count). The van der Waals surface area contributed by atoms with Crippen LogP contribution in [-0.4, -0.2) is 53.7 Å². The van der Waals surface area contributed by atoms with Gasteiger partial charge in [0.2, 0.25) is 5.95 Å². The van der Waals surface area contributed by atoms with Crippen molar-refractivity contribution in [1.29, 1.82) is 0 Å². The lowest BCUT2D eigenvalue weighted by atomic mass is 9.67. The minimum atomic E-state index is -0.552. The van der Waals surface area contributed by atoms with Crippen LogP contribution in [0, 0.1) is 0 Å². The van der Waals surface area contributed by atoms with E-state index in [-0.39, 0.29) is 0 Å². The number of pyridine rings is 2. The molecular weight excluding hydrogens is 1510 g/mol. The highest BCUT2D eigenvalue weighted by Gasteiger charge is 2.46. The summed E-state index contributed by atoms with van der Waals surface area (Å²) < 4.78 is 6.40. The lowest BCUT2D eigenvalue weighted by Crippen LogP contribution is -2.28. The molecule has 0 spiro atoms. The fraction of sp³-hybridized carbons (Fsp3) is 0.00885. The quantitative estimate of drug-likeness (QED) is 0.106. The monoisotopic (exact) mass is 1580 g/mol. The van der Waals surface area contributed by atoms with Gasteiger partial charge < -0.3 is 0 Å². The minimum absolute atomic E-state index is 0.552. The Morgan fingerprint density at radius 1 is 0.210 bits per heavy atom. The summed E-state index contributed by atoms with van der Waals surface area (Å²) in [5.41, 5.74) is 28.0. The number of rotatable bonds is 14. The van der Waals surface area contributed by atoms with Gasteiger partial charge in [-0.3, -0.25) is 4.57 Å². The minimum Gasteiger partial charge on any atom is -0.278 e. The normalized spacial score (nSPS) is 12.1. The highest BCUT2D eigenvalue weighted by molar-refractivity contribution is 6.12. The van der Waals surface area contributed by atoms with Crippen LogP contribution in [0.4, 0.5) is 0 Å². The fourth-order valence-electron chi connectivity index (χ4n) is 18.5. The molecule has 11 nitrogen and oxygen atoms in total. The van der Waals surface area contributed by atoms with Crippen LogP contribution in [0.25, 0.3) is 196 Å². The topological polar surface area (TPSA) is 117 Å². The Balaban J connectivity index is 0.000000146. The zero-order valence-electron chi connectivity index (χ0n) is 67.1. The van der Waals surface area contributed by atoms with E-state index in [1.807, 2.05) is 48.5 Å². The molecule has 0 radical (unpaired) electrons. The van der Waals surface area contributed by atoms with Crippen LogP contribution in [0.3, 0.4) is 0 Å². The van der Waals surface area contributed by atoms with E-state index in [0.717, 1.165) is 144 Å². The van der Waals surface area contributed by atoms with Crippen LogP contribution in [-0.2, 0) is 5.41 Å². The van der Waals surface area contributed by atoms with Crippen molar-refractivity contribution < 1.29 is 0 Å². The molecule has 0 unspecified atom stereocenters. The summed E-state index contributed by atoms with van der Waals surface area (Å²) in [6, 6.07) is 155. The second-order valence-electron chi connectivity index (χ2n) is 31.3. The highest BCUT2D eigenvalue weighted by Crippen LogP contribution is 2.57. The van der Waals surface area contributed by atoms with E-state index in [0.29, 0.717) is 35.1 Å². The van der Waals surface area contributed by atoms with Crippen molar-refractivity contribution >= 4 is 54.4 Å². The third-order valence-electron chi connectivity index (χ3n) is 24.2. The van der Waals surface area contributed by atoms with Crippen molar-refractivity contribution in [3.63, 3.8) is 0 Å². The number of benzene rings is 16. The number of hydrogen-bond acceptors (Lipinski definition) is 8. The van der Waals surface area contributed by atoms with Gasteiger partial charge in [-0.15, -0.1) is 0 Å². The summed E-state index contributed by atoms with van der Waals surface area (Å²) in [4.78, 5) is 31.0. The van der Waals surface area contributed by atoms with E-state index in [1.165, 1.54) is 38.8 Å². The molecule has 0 amide bonds. The first-order chi connectivity index (χ1) is 61.5. The zero-order valence-corrected chi connectivity index (χ0v) is 67.1. The van der Waals surface area contributed by atoms with Crippen LogP contribution in [0.15, 0.2) is 443 Å². The van der Waals surface area contributed by atoms with Crippen molar-refractivity contribution in [3.8, 4) is 141 Å². The molecule has 0 fully saturated rings. The number of aromatic nitrogens is 11. The van der Waals surface area contributed by atoms with Crippen molar-refractivity contribution in [1.82, 2.24) is 53.7 Å². The van der Waals surface area contributed by atoms with Gasteiger partial charge in [0.25, 0.3) is 0 Å². The Labute approximate surface area is 715 Å². The lowest BCUT2D eigenvalue weighted by molar-refractivity contribution is 0.768. The van der Waals surface area contributed by atoms with Gasteiger partial charge in [0.1, 0.15) is 11.4 Å². The average Bonchev–Trinajstić information content (AvgIpc) is 1.54. The smallest absolute Gasteiger partial charge is 0.238 e. The fourth-order valence-corrected chi connectivity index (χ4v) is 18.5. The van der Waals surface area contributed by atoms with Gasteiger partial charge in [-0.1, -0.05) is 413 Å². The zero-order chi connectivity index (χ0) is 82.0. The van der Waals surface area contributed by atoms with Crippen LogP contribution >= 0.6 is 0 Å². The number of hydrogen-bond donors (Lipinski definition) is 0. The largest absolute Gasteiger partial charge is 0.278 e. The molecule has 0 aliphatic heterocycles. The lowest BCUT2D eigenvalue weighted by Gasteiger charge is -2.34. The van der Waals surface area contributed by atoms with Crippen LogP contribution in [0.2, 0.25) is 0 Å². The maximum atomic E-state index is 5.47. The molecule has 1 aliphatic carbocycles. The maximum Gasteiger partial charge on any atom is 0.238 e. The van der Waals surface area contributed by atoms with Crippen molar-refractivity contribution in [2.45, 2.75) is 5.41 Å². The first-order valence-electron chi connectivity index (χ1n) is 41.8. The molecule has 11 heteroatoms. The predicted molar refractivity (Wildman–Crippen MR) is 504 cm³/mol. The molecule has 7 aromatic heterocycles. The molecule has 1 aliphatic rings. The third kappa shape index (κ3) is 12.4. The number of fused-ring (bicyclic) bond motifs is 12. The van der Waals surface area contributed by atoms with Crippen molar-refractivity contribution in [3.05, 3.63) is 465 Å². The van der Waals surface area contributed by atoms with Gasteiger partial charge >= 0.3 is 0 Å². The number of nitrogens with zero attached hydrogens (tertiary/aromatic N) is 11. The van der Waals surface area contributed by atoms with E-state index < -0.39 is 5.41 Å². The molecule has 124 heavy (non-hydrogen) atoms. The Morgan fingerprint density at radius 3 is 0.944 bits per heavy atom. The van der Waals surface area contributed by atoms with Crippen molar-refractivity contribution in [2.75, 3.05) is 0 Å². The first-order valence-corrected chi connectivity index (χ1v) is 41.8. The third-order valence-corrected chi connectivity index (χ3v) is 24.2. The van der Waals surface area contributed by atoms with E-state index >= 15 is 0 Å². The van der Waals surface area contributed by atoms with Crippen LogP contribution in [0.1, 0.15) is 22.3 Å². The Kier molecular flexibility index (Phi) is 17.9. The Morgan fingerprint density at radius 2 is 0.516 bits per heavy atom. The second-order valence-corrected chi connectivity index (χ2v) is 31.3. The molecule has 16 aromatic carbocycles. The van der Waals surface area contributed by atoms with Gasteiger partial charge in [-0.2, -0.15) is 20.2 Å². The van der Waals surface area contributed by atoms with Crippen molar-refractivity contribution in [2.24, 2.45) is 0 Å². The summed E-state index contributed by atoms with van der Waals surface area (Å²) in [6.07, 6.45) is 0. The molecule has 0 saturated carbocycles. The maximum absolute atomic E-state index is 5.47. The molecular formula is C113H73N11. The molecule has 580 valence electrons. The number of para-hydroxylation sites is 2. The predicted octanol–water partition coefficient (Wildman–Crippen LogP) is 27.1. The van der Waals surface area contributed by atoms with E-state index in [2.05, 4.69) is 408 Å².